The largest absolute Gasteiger partial charge is 0.489 e. The molecule has 0 heterocycles. The lowest BCUT2D eigenvalue weighted by molar-refractivity contribution is 0.302. The Morgan fingerprint density at radius 2 is 1.85 bits per heavy atom. The number of halogens is 2. The van der Waals surface area contributed by atoms with E-state index >= 15 is 0 Å². The zero-order valence-electron chi connectivity index (χ0n) is 11.5. The van der Waals surface area contributed by atoms with Gasteiger partial charge in [0.1, 0.15) is 24.0 Å². The van der Waals surface area contributed by atoms with E-state index in [4.69, 9.17) is 4.74 Å². The molecule has 0 spiro atoms. The Hall–Kier alpha value is -1.94. The van der Waals surface area contributed by atoms with Crippen LogP contribution in [0.1, 0.15) is 16.7 Å². The Bertz CT molecular complexity index is 599. The normalized spacial score (nSPS) is 10.6. The maximum absolute atomic E-state index is 13.5. The van der Waals surface area contributed by atoms with Crippen LogP contribution in [-0.4, -0.2) is 7.05 Å². The first-order valence-electron chi connectivity index (χ1n) is 6.40. The van der Waals surface area contributed by atoms with Crippen molar-refractivity contribution >= 4 is 0 Å². The molecule has 0 saturated carbocycles. The third-order valence-electron chi connectivity index (χ3n) is 3.02. The molecule has 0 amide bonds. The number of hydrogen-bond acceptors (Lipinski definition) is 2. The number of benzene rings is 2. The van der Waals surface area contributed by atoms with Crippen LogP contribution in [0.15, 0.2) is 36.4 Å². The molecule has 0 aliphatic rings. The summed E-state index contributed by atoms with van der Waals surface area (Å²) < 4.78 is 32.2. The minimum absolute atomic E-state index is 0.214. The summed E-state index contributed by atoms with van der Waals surface area (Å²) in [7, 11) is 1.79. The first-order chi connectivity index (χ1) is 9.58. The van der Waals surface area contributed by atoms with Crippen LogP contribution in [0.4, 0.5) is 8.78 Å². The summed E-state index contributed by atoms with van der Waals surface area (Å²) in [4.78, 5) is 0. The summed E-state index contributed by atoms with van der Waals surface area (Å²) in [5.41, 5.74) is 2.50. The van der Waals surface area contributed by atoms with Gasteiger partial charge in [0.25, 0.3) is 0 Å². The van der Waals surface area contributed by atoms with Gasteiger partial charge in [-0.25, -0.2) is 8.78 Å². The Morgan fingerprint density at radius 3 is 2.60 bits per heavy atom. The maximum atomic E-state index is 13.5. The molecular formula is C16H17F2NO. The van der Waals surface area contributed by atoms with Crippen LogP contribution >= 0.6 is 0 Å². The van der Waals surface area contributed by atoms with Gasteiger partial charge in [0.2, 0.25) is 0 Å². The molecule has 0 aliphatic heterocycles. The molecular weight excluding hydrogens is 260 g/mol. The fraction of sp³-hybridized carbons (Fsp3) is 0.250. The highest BCUT2D eigenvalue weighted by atomic mass is 19.1. The summed E-state index contributed by atoms with van der Waals surface area (Å²) in [6.07, 6.45) is 0. The average Bonchev–Trinajstić information content (AvgIpc) is 2.40. The second kappa shape index (κ2) is 6.48. The number of ether oxygens (including phenoxy) is 1. The number of nitrogens with one attached hydrogen (secondary N) is 1. The SMILES string of the molecule is CNCc1cc(F)cc(OCc2cc(F)ccc2C)c1. The summed E-state index contributed by atoms with van der Waals surface area (Å²) in [6.45, 7) is 2.66. The Kier molecular flexibility index (Phi) is 4.69. The van der Waals surface area contributed by atoms with Crippen molar-refractivity contribution in [1.82, 2.24) is 5.32 Å². The van der Waals surface area contributed by atoms with Crippen molar-refractivity contribution in [3.63, 3.8) is 0 Å². The molecule has 1 N–H and O–H groups in total. The third kappa shape index (κ3) is 3.78. The van der Waals surface area contributed by atoms with Crippen LogP contribution < -0.4 is 10.1 Å². The molecule has 2 nitrogen and oxygen atoms in total. The molecule has 0 aromatic heterocycles. The van der Waals surface area contributed by atoms with Crippen LogP contribution in [0.5, 0.6) is 5.75 Å². The molecule has 2 aromatic carbocycles. The third-order valence-corrected chi connectivity index (χ3v) is 3.02. The van der Waals surface area contributed by atoms with Gasteiger partial charge < -0.3 is 10.1 Å². The van der Waals surface area contributed by atoms with Crippen molar-refractivity contribution in [3.8, 4) is 5.75 Å². The van der Waals surface area contributed by atoms with Gasteiger partial charge in [-0.2, -0.15) is 0 Å². The van der Waals surface area contributed by atoms with Gasteiger partial charge >= 0.3 is 0 Å². The van der Waals surface area contributed by atoms with Crippen LogP contribution in [0.2, 0.25) is 0 Å². The van der Waals surface area contributed by atoms with E-state index in [9.17, 15) is 8.78 Å². The molecule has 2 aromatic rings. The van der Waals surface area contributed by atoms with E-state index in [1.165, 1.54) is 24.3 Å². The minimum atomic E-state index is -0.344. The number of rotatable bonds is 5. The predicted octanol–water partition coefficient (Wildman–Crippen LogP) is 3.57. The van der Waals surface area contributed by atoms with Crippen molar-refractivity contribution in [2.45, 2.75) is 20.1 Å². The number of hydrogen-bond donors (Lipinski definition) is 1. The summed E-state index contributed by atoms with van der Waals surface area (Å²) in [5, 5.41) is 2.96. The van der Waals surface area contributed by atoms with Crippen LogP contribution in [0, 0.1) is 18.6 Å². The second-order valence-electron chi connectivity index (χ2n) is 4.68. The highest BCUT2D eigenvalue weighted by molar-refractivity contribution is 5.31. The zero-order valence-corrected chi connectivity index (χ0v) is 11.5. The van der Waals surface area contributed by atoms with Gasteiger partial charge in [-0.1, -0.05) is 6.07 Å². The Morgan fingerprint density at radius 1 is 1.05 bits per heavy atom. The molecule has 0 saturated heterocycles. The molecule has 0 atom stereocenters. The van der Waals surface area contributed by atoms with Crippen LogP contribution in [-0.2, 0) is 13.2 Å². The lowest BCUT2D eigenvalue weighted by atomic mass is 10.1. The van der Waals surface area contributed by atoms with Crippen molar-refractivity contribution in [3.05, 3.63) is 64.7 Å². The quantitative estimate of drug-likeness (QED) is 0.902. The van der Waals surface area contributed by atoms with E-state index in [0.29, 0.717) is 12.3 Å². The topological polar surface area (TPSA) is 21.3 Å². The van der Waals surface area contributed by atoms with Gasteiger partial charge in [-0.05, 0) is 54.9 Å². The van der Waals surface area contributed by atoms with E-state index < -0.39 is 0 Å². The van der Waals surface area contributed by atoms with Gasteiger partial charge in [-0.15, -0.1) is 0 Å². The maximum Gasteiger partial charge on any atom is 0.127 e. The molecule has 0 aliphatic carbocycles. The standard InChI is InChI=1S/C16H17F2NO/c1-11-3-4-14(17)7-13(11)10-20-16-6-12(9-19-2)5-15(18)8-16/h3-8,19H,9-10H2,1-2H3. The predicted molar refractivity (Wildman–Crippen MR) is 74.6 cm³/mol. The van der Waals surface area contributed by atoms with Gasteiger partial charge in [0.05, 0.1) is 0 Å². The van der Waals surface area contributed by atoms with Crippen molar-refractivity contribution < 1.29 is 13.5 Å². The molecule has 20 heavy (non-hydrogen) atoms. The van der Waals surface area contributed by atoms with E-state index in [2.05, 4.69) is 5.32 Å². The minimum Gasteiger partial charge on any atom is -0.489 e. The van der Waals surface area contributed by atoms with E-state index in [1.807, 2.05) is 6.92 Å². The van der Waals surface area contributed by atoms with E-state index in [1.54, 1.807) is 19.2 Å². The lowest BCUT2D eigenvalue weighted by Crippen LogP contribution is -2.06. The lowest BCUT2D eigenvalue weighted by Gasteiger charge is -2.10. The zero-order chi connectivity index (χ0) is 14.5. The van der Waals surface area contributed by atoms with Gasteiger partial charge in [-0.3, -0.25) is 0 Å². The fourth-order valence-electron chi connectivity index (χ4n) is 1.97. The molecule has 4 heteroatoms. The van der Waals surface area contributed by atoms with Crippen LogP contribution in [0.25, 0.3) is 0 Å². The monoisotopic (exact) mass is 277 g/mol. The summed E-state index contributed by atoms with van der Waals surface area (Å²) in [6, 6.07) is 9.10. The Labute approximate surface area is 117 Å². The summed E-state index contributed by atoms with van der Waals surface area (Å²) in [5.74, 6) is -0.202. The van der Waals surface area contributed by atoms with Gasteiger partial charge in [0, 0.05) is 12.6 Å². The van der Waals surface area contributed by atoms with E-state index in [-0.39, 0.29) is 18.2 Å². The van der Waals surface area contributed by atoms with Crippen molar-refractivity contribution in [2.75, 3.05) is 7.05 Å². The van der Waals surface area contributed by atoms with Crippen molar-refractivity contribution in [2.24, 2.45) is 0 Å². The molecule has 106 valence electrons. The smallest absolute Gasteiger partial charge is 0.127 e. The van der Waals surface area contributed by atoms with Crippen LogP contribution in [0.3, 0.4) is 0 Å². The highest BCUT2D eigenvalue weighted by Gasteiger charge is 2.05. The van der Waals surface area contributed by atoms with E-state index in [0.717, 1.165) is 16.7 Å². The van der Waals surface area contributed by atoms with Crippen molar-refractivity contribution in [1.29, 1.82) is 0 Å². The highest BCUT2D eigenvalue weighted by Crippen LogP contribution is 2.19. The Balaban J connectivity index is 2.12. The first-order valence-corrected chi connectivity index (χ1v) is 6.40. The molecule has 0 unspecified atom stereocenters. The molecule has 0 fully saturated rings. The molecule has 2 rings (SSSR count). The van der Waals surface area contributed by atoms with Gasteiger partial charge in [0.15, 0.2) is 0 Å². The second-order valence-corrected chi connectivity index (χ2v) is 4.68. The summed E-state index contributed by atoms with van der Waals surface area (Å²) >= 11 is 0. The fourth-order valence-corrected chi connectivity index (χ4v) is 1.97. The number of aryl methyl sites for hydroxylation is 1. The molecule has 0 bridgehead atoms. The average molecular weight is 277 g/mol. The molecule has 0 radical (unpaired) electrons. The first kappa shape index (κ1) is 14.5.